The van der Waals surface area contributed by atoms with Crippen molar-refractivity contribution in [2.45, 2.75) is 13.3 Å². The van der Waals surface area contributed by atoms with Crippen molar-refractivity contribution in [1.29, 1.82) is 0 Å². The number of aryl methyl sites for hydroxylation is 1. The molecule has 0 unspecified atom stereocenters. The number of hydrogen-bond acceptors (Lipinski definition) is 3. The third kappa shape index (κ3) is 4.34. The predicted molar refractivity (Wildman–Crippen MR) is 84.6 cm³/mol. The minimum Gasteiger partial charge on any atom is -0.478 e. The number of nitrogens with one attached hydrogen (secondary N) is 1. The molecular formula is C15H14Cl2N2O2. The fourth-order valence-electron chi connectivity index (χ4n) is 1.93. The topological polar surface area (TPSA) is 62.2 Å². The fourth-order valence-corrected chi connectivity index (χ4v) is 2.44. The number of carbonyl (C=O) groups is 1. The summed E-state index contributed by atoms with van der Waals surface area (Å²) in [6.45, 7) is 2.35. The molecule has 0 saturated heterocycles. The summed E-state index contributed by atoms with van der Waals surface area (Å²) in [5.41, 5.74) is 1.84. The van der Waals surface area contributed by atoms with Gasteiger partial charge in [-0.05, 0) is 43.2 Å². The highest BCUT2D eigenvalue weighted by molar-refractivity contribution is 6.35. The summed E-state index contributed by atoms with van der Waals surface area (Å²) in [7, 11) is 0. The van der Waals surface area contributed by atoms with Gasteiger partial charge in [-0.25, -0.2) is 9.78 Å². The quantitative estimate of drug-likeness (QED) is 0.870. The molecule has 110 valence electrons. The van der Waals surface area contributed by atoms with Crippen LogP contribution in [0.5, 0.6) is 0 Å². The summed E-state index contributed by atoms with van der Waals surface area (Å²) in [6, 6.07) is 8.41. The molecule has 1 heterocycles. The molecule has 2 rings (SSSR count). The van der Waals surface area contributed by atoms with Gasteiger partial charge in [0, 0.05) is 22.3 Å². The van der Waals surface area contributed by atoms with Crippen LogP contribution in [-0.2, 0) is 6.42 Å². The van der Waals surface area contributed by atoms with Crippen molar-refractivity contribution >= 4 is 35.0 Å². The van der Waals surface area contributed by atoms with Crippen LogP contribution in [-0.4, -0.2) is 22.6 Å². The van der Waals surface area contributed by atoms with Crippen molar-refractivity contribution < 1.29 is 9.90 Å². The van der Waals surface area contributed by atoms with Gasteiger partial charge >= 0.3 is 5.97 Å². The molecule has 2 N–H and O–H groups in total. The second-order valence-corrected chi connectivity index (χ2v) is 5.44. The van der Waals surface area contributed by atoms with Gasteiger partial charge in [0.2, 0.25) is 0 Å². The van der Waals surface area contributed by atoms with Gasteiger partial charge in [-0.15, -0.1) is 0 Å². The van der Waals surface area contributed by atoms with Crippen molar-refractivity contribution in [2.75, 3.05) is 11.9 Å². The van der Waals surface area contributed by atoms with E-state index < -0.39 is 5.97 Å². The molecule has 0 saturated carbocycles. The van der Waals surface area contributed by atoms with E-state index in [1.165, 1.54) is 12.1 Å². The minimum atomic E-state index is -0.968. The first-order valence-electron chi connectivity index (χ1n) is 6.35. The molecule has 0 bridgehead atoms. The third-order valence-corrected chi connectivity index (χ3v) is 3.50. The number of nitrogens with zero attached hydrogens (tertiary/aromatic N) is 1. The first kappa shape index (κ1) is 15.6. The molecule has 21 heavy (non-hydrogen) atoms. The lowest BCUT2D eigenvalue weighted by molar-refractivity contribution is 0.0696. The second kappa shape index (κ2) is 6.78. The van der Waals surface area contributed by atoms with Gasteiger partial charge in [0.25, 0.3) is 0 Å². The number of aromatic carboxylic acids is 1. The Kier molecular flexibility index (Phi) is 5.04. The van der Waals surface area contributed by atoms with E-state index in [-0.39, 0.29) is 5.56 Å². The average molecular weight is 325 g/mol. The van der Waals surface area contributed by atoms with Crippen molar-refractivity contribution in [2.24, 2.45) is 0 Å². The molecule has 0 radical (unpaired) electrons. The minimum absolute atomic E-state index is 0.217. The molecule has 0 spiro atoms. The molecule has 1 aromatic carbocycles. The first-order valence-corrected chi connectivity index (χ1v) is 7.11. The number of anilines is 1. The van der Waals surface area contributed by atoms with Gasteiger partial charge in [0.15, 0.2) is 0 Å². The SMILES string of the molecule is Cc1cc(C(=O)O)cc(NCCc2ccc(Cl)cc2Cl)n1. The van der Waals surface area contributed by atoms with Gasteiger partial charge in [0.1, 0.15) is 5.82 Å². The first-order chi connectivity index (χ1) is 9.95. The lowest BCUT2D eigenvalue weighted by Gasteiger charge is -2.09. The van der Waals surface area contributed by atoms with E-state index >= 15 is 0 Å². The number of halogens is 2. The zero-order valence-corrected chi connectivity index (χ0v) is 12.9. The molecule has 1 aromatic heterocycles. The van der Waals surface area contributed by atoms with Gasteiger partial charge in [-0.3, -0.25) is 0 Å². The Morgan fingerprint density at radius 2 is 2.05 bits per heavy atom. The smallest absolute Gasteiger partial charge is 0.335 e. The standard InChI is InChI=1S/C15H14Cl2N2O2/c1-9-6-11(15(20)21)7-14(19-9)18-5-4-10-2-3-12(16)8-13(10)17/h2-3,6-8H,4-5H2,1H3,(H,18,19)(H,20,21). The second-order valence-electron chi connectivity index (χ2n) is 4.60. The molecular weight excluding hydrogens is 311 g/mol. The number of carboxylic acid groups (broad SMARTS) is 1. The zero-order valence-electron chi connectivity index (χ0n) is 11.4. The average Bonchev–Trinajstić information content (AvgIpc) is 2.40. The van der Waals surface area contributed by atoms with Crippen LogP contribution in [0.2, 0.25) is 10.0 Å². The molecule has 6 heteroatoms. The molecule has 0 amide bonds. The van der Waals surface area contributed by atoms with Crippen LogP contribution in [0.1, 0.15) is 21.6 Å². The Labute approximate surface area is 132 Å². The molecule has 0 aliphatic rings. The predicted octanol–water partition coefficient (Wildman–Crippen LogP) is 4.05. The van der Waals surface area contributed by atoms with Gasteiger partial charge in [0.05, 0.1) is 5.56 Å². The largest absolute Gasteiger partial charge is 0.478 e. The highest BCUT2D eigenvalue weighted by Crippen LogP contribution is 2.21. The van der Waals surface area contributed by atoms with Crippen molar-refractivity contribution in [3.05, 3.63) is 57.2 Å². The number of carboxylic acids is 1. The van der Waals surface area contributed by atoms with E-state index in [1.54, 1.807) is 19.1 Å². The van der Waals surface area contributed by atoms with Crippen LogP contribution < -0.4 is 5.32 Å². The Morgan fingerprint density at radius 3 is 2.71 bits per heavy atom. The number of hydrogen-bond donors (Lipinski definition) is 2. The Hall–Kier alpha value is -1.78. The fraction of sp³-hybridized carbons (Fsp3) is 0.200. The highest BCUT2D eigenvalue weighted by Gasteiger charge is 2.07. The van der Waals surface area contributed by atoms with Crippen LogP contribution in [0, 0.1) is 6.92 Å². The molecule has 0 aliphatic carbocycles. The summed E-state index contributed by atoms with van der Waals surface area (Å²) < 4.78 is 0. The maximum absolute atomic E-state index is 11.0. The van der Waals surface area contributed by atoms with E-state index in [1.807, 2.05) is 6.07 Å². The van der Waals surface area contributed by atoms with Crippen molar-refractivity contribution in [3.8, 4) is 0 Å². The van der Waals surface area contributed by atoms with Crippen molar-refractivity contribution in [1.82, 2.24) is 4.98 Å². The van der Waals surface area contributed by atoms with E-state index in [0.717, 1.165) is 5.56 Å². The molecule has 4 nitrogen and oxygen atoms in total. The Morgan fingerprint density at radius 1 is 1.29 bits per heavy atom. The lowest BCUT2D eigenvalue weighted by atomic mass is 10.1. The van der Waals surface area contributed by atoms with Crippen LogP contribution in [0.15, 0.2) is 30.3 Å². The van der Waals surface area contributed by atoms with Crippen LogP contribution in [0.25, 0.3) is 0 Å². The summed E-state index contributed by atoms with van der Waals surface area (Å²) >= 11 is 11.9. The molecule has 0 aliphatic heterocycles. The van der Waals surface area contributed by atoms with Crippen LogP contribution in [0.3, 0.4) is 0 Å². The van der Waals surface area contributed by atoms with Crippen molar-refractivity contribution in [3.63, 3.8) is 0 Å². The summed E-state index contributed by atoms with van der Waals surface area (Å²) in [4.78, 5) is 15.2. The van der Waals surface area contributed by atoms with Crippen LogP contribution in [0.4, 0.5) is 5.82 Å². The zero-order chi connectivity index (χ0) is 15.4. The number of aromatic nitrogens is 1. The van der Waals surface area contributed by atoms with E-state index in [9.17, 15) is 4.79 Å². The van der Waals surface area contributed by atoms with Gasteiger partial charge in [-0.2, -0.15) is 0 Å². The normalized spacial score (nSPS) is 10.4. The lowest BCUT2D eigenvalue weighted by Crippen LogP contribution is -2.09. The Balaban J connectivity index is 2.01. The van der Waals surface area contributed by atoms with E-state index in [0.29, 0.717) is 34.5 Å². The molecule has 0 atom stereocenters. The third-order valence-electron chi connectivity index (χ3n) is 2.92. The van der Waals surface area contributed by atoms with Gasteiger partial charge in [-0.1, -0.05) is 29.3 Å². The summed E-state index contributed by atoms with van der Waals surface area (Å²) in [5, 5.41) is 13.3. The highest BCUT2D eigenvalue weighted by atomic mass is 35.5. The monoisotopic (exact) mass is 324 g/mol. The Bertz CT molecular complexity index is 675. The van der Waals surface area contributed by atoms with Gasteiger partial charge < -0.3 is 10.4 Å². The maximum atomic E-state index is 11.0. The number of rotatable bonds is 5. The summed E-state index contributed by atoms with van der Waals surface area (Å²) in [5.74, 6) is -0.429. The van der Waals surface area contributed by atoms with Crippen LogP contribution >= 0.6 is 23.2 Å². The summed E-state index contributed by atoms with van der Waals surface area (Å²) in [6.07, 6.45) is 0.689. The maximum Gasteiger partial charge on any atom is 0.335 e. The number of pyridine rings is 1. The van der Waals surface area contributed by atoms with E-state index in [2.05, 4.69) is 10.3 Å². The van der Waals surface area contributed by atoms with E-state index in [4.69, 9.17) is 28.3 Å². The molecule has 0 fully saturated rings. The number of benzene rings is 1. The molecule has 2 aromatic rings.